The van der Waals surface area contributed by atoms with Crippen molar-refractivity contribution in [3.8, 4) is 16.9 Å². The Bertz CT molecular complexity index is 994. The van der Waals surface area contributed by atoms with Crippen molar-refractivity contribution in [2.45, 2.75) is 13.5 Å². The van der Waals surface area contributed by atoms with E-state index in [9.17, 15) is 0 Å². The van der Waals surface area contributed by atoms with Crippen LogP contribution in [0.15, 0.2) is 53.5 Å². The summed E-state index contributed by atoms with van der Waals surface area (Å²) in [7, 11) is 0. The Morgan fingerprint density at radius 2 is 2.12 bits per heavy atom. The van der Waals surface area contributed by atoms with Crippen LogP contribution in [0.1, 0.15) is 11.3 Å². The maximum atomic E-state index is 5.84. The number of H-pyrrole nitrogens is 1. The SMILES string of the molecule is Cc1[nH]nc2ccc(-c3cncc(OCCNCc4ccsc4)c3)cc12. The molecule has 0 atom stereocenters. The Kier molecular flexibility index (Phi) is 4.95. The number of rotatable bonds is 7. The van der Waals surface area contributed by atoms with Gasteiger partial charge in [-0.3, -0.25) is 10.1 Å². The molecule has 0 spiro atoms. The molecular formula is C20H20N4OS. The zero-order chi connectivity index (χ0) is 17.8. The van der Waals surface area contributed by atoms with Gasteiger partial charge in [-0.2, -0.15) is 16.4 Å². The Morgan fingerprint density at radius 3 is 3.00 bits per heavy atom. The minimum Gasteiger partial charge on any atom is -0.491 e. The first kappa shape index (κ1) is 16.8. The molecule has 5 nitrogen and oxygen atoms in total. The predicted molar refractivity (Wildman–Crippen MR) is 106 cm³/mol. The number of hydrogen-bond acceptors (Lipinski definition) is 5. The number of pyridine rings is 1. The van der Waals surface area contributed by atoms with Crippen molar-refractivity contribution in [3.05, 3.63) is 64.7 Å². The van der Waals surface area contributed by atoms with E-state index in [2.05, 4.69) is 49.5 Å². The van der Waals surface area contributed by atoms with Crippen molar-refractivity contribution in [1.82, 2.24) is 20.5 Å². The topological polar surface area (TPSA) is 62.8 Å². The zero-order valence-corrected chi connectivity index (χ0v) is 15.3. The van der Waals surface area contributed by atoms with E-state index in [1.54, 1.807) is 17.5 Å². The van der Waals surface area contributed by atoms with Gasteiger partial charge in [-0.1, -0.05) is 6.07 Å². The highest BCUT2D eigenvalue weighted by Crippen LogP contribution is 2.26. The Balaban J connectivity index is 1.38. The second-order valence-electron chi connectivity index (χ2n) is 6.15. The van der Waals surface area contributed by atoms with Crippen molar-refractivity contribution in [1.29, 1.82) is 0 Å². The third kappa shape index (κ3) is 3.76. The van der Waals surface area contributed by atoms with Gasteiger partial charge < -0.3 is 10.1 Å². The molecule has 4 aromatic rings. The van der Waals surface area contributed by atoms with Crippen LogP contribution in [0.3, 0.4) is 0 Å². The summed E-state index contributed by atoms with van der Waals surface area (Å²) < 4.78 is 5.84. The molecule has 3 aromatic heterocycles. The van der Waals surface area contributed by atoms with Gasteiger partial charge in [0.05, 0.1) is 11.7 Å². The molecule has 0 unspecified atom stereocenters. The summed E-state index contributed by atoms with van der Waals surface area (Å²) in [6, 6.07) is 10.4. The van der Waals surface area contributed by atoms with E-state index >= 15 is 0 Å². The van der Waals surface area contributed by atoms with E-state index in [0.29, 0.717) is 6.61 Å². The van der Waals surface area contributed by atoms with Gasteiger partial charge in [0.25, 0.3) is 0 Å². The molecule has 0 saturated carbocycles. The number of thiophene rings is 1. The van der Waals surface area contributed by atoms with E-state index in [1.807, 2.05) is 25.3 Å². The Morgan fingerprint density at radius 1 is 1.15 bits per heavy atom. The van der Waals surface area contributed by atoms with Crippen molar-refractivity contribution in [2.75, 3.05) is 13.2 Å². The number of aromatic nitrogens is 3. The number of fused-ring (bicyclic) bond motifs is 1. The van der Waals surface area contributed by atoms with Gasteiger partial charge in [-0.15, -0.1) is 0 Å². The molecule has 132 valence electrons. The summed E-state index contributed by atoms with van der Waals surface area (Å²) in [6.07, 6.45) is 3.61. The monoisotopic (exact) mass is 364 g/mol. The molecule has 0 radical (unpaired) electrons. The molecule has 6 heteroatoms. The highest BCUT2D eigenvalue weighted by molar-refractivity contribution is 7.07. The van der Waals surface area contributed by atoms with E-state index in [1.165, 1.54) is 5.56 Å². The average molecular weight is 364 g/mol. The zero-order valence-electron chi connectivity index (χ0n) is 14.5. The Labute approximate surface area is 156 Å². The van der Waals surface area contributed by atoms with Crippen LogP contribution < -0.4 is 10.1 Å². The third-order valence-corrected chi connectivity index (χ3v) is 4.98. The normalized spacial score (nSPS) is 11.1. The number of aryl methyl sites for hydroxylation is 1. The van der Waals surface area contributed by atoms with Crippen LogP contribution in [-0.4, -0.2) is 28.3 Å². The van der Waals surface area contributed by atoms with E-state index < -0.39 is 0 Å². The van der Waals surface area contributed by atoms with Crippen LogP contribution in [0.4, 0.5) is 0 Å². The summed E-state index contributed by atoms with van der Waals surface area (Å²) in [5.74, 6) is 0.781. The third-order valence-electron chi connectivity index (χ3n) is 4.25. The van der Waals surface area contributed by atoms with Gasteiger partial charge in [-0.05, 0) is 53.1 Å². The van der Waals surface area contributed by atoms with Gasteiger partial charge in [0.15, 0.2) is 0 Å². The van der Waals surface area contributed by atoms with Gasteiger partial charge in [0.1, 0.15) is 12.4 Å². The van der Waals surface area contributed by atoms with Gasteiger partial charge in [-0.25, -0.2) is 0 Å². The first-order valence-electron chi connectivity index (χ1n) is 8.54. The second kappa shape index (κ2) is 7.68. The fourth-order valence-corrected chi connectivity index (χ4v) is 3.51. The van der Waals surface area contributed by atoms with Gasteiger partial charge >= 0.3 is 0 Å². The number of aromatic amines is 1. The van der Waals surface area contributed by atoms with E-state index in [-0.39, 0.29) is 0 Å². The lowest BCUT2D eigenvalue weighted by Gasteiger charge is -2.09. The Hall–Kier alpha value is -2.70. The summed E-state index contributed by atoms with van der Waals surface area (Å²) >= 11 is 1.72. The van der Waals surface area contributed by atoms with Gasteiger partial charge in [0.2, 0.25) is 0 Å². The standard InChI is InChI=1S/C20H20N4OS/c1-14-19-9-16(2-3-20(19)24-23-14)17-8-18(12-22-11-17)25-6-5-21-10-15-4-7-26-13-15/h2-4,7-9,11-13,21H,5-6,10H2,1H3,(H,23,24). The molecule has 2 N–H and O–H groups in total. The maximum absolute atomic E-state index is 5.84. The lowest BCUT2D eigenvalue weighted by atomic mass is 10.0. The summed E-state index contributed by atoms with van der Waals surface area (Å²) in [5.41, 5.74) is 5.50. The molecule has 3 heterocycles. The minimum atomic E-state index is 0.606. The number of ether oxygens (including phenoxy) is 1. The first-order valence-corrected chi connectivity index (χ1v) is 9.48. The summed E-state index contributed by atoms with van der Waals surface area (Å²) in [4.78, 5) is 4.32. The molecule has 0 aliphatic heterocycles. The molecule has 4 rings (SSSR count). The number of hydrogen-bond donors (Lipinski definition) is 2. The number of nitrogens with zero attached hydrogens (tertiary/aromatic N) is 2. The van der Waals surface area contributed by atoms with Crippen LogP contribution in [-0.2, 0) is 6.54 Å². The van der Waals surface area contributed by atoms with E-state index in [4.69, 9.17) is 4.74 Å². The number of nitrogens with one attached hydrogen (secondary N) is 2. The molecule has 0 fully saturated rings. The highest BCUT2D eigenvalue weighted by Gasteiger charge is 2.06. The fraction of sp³-hybridized carbons (Fsp3) is 0.200. The fourth-order valence-electron chi connectivity index (χ4n) is 2.84. The van der Waals surface area contributed by atoms with Crippen molar-refractivity contribution < 1.29 is 4.74 Å². The van der Waals surface area contributed by atoms with Crippen LogP contribution >= 0.6 is 11.3 Å². The minimum absolute atomic E-state index is 0.606. The molecule has 0 aliphatic carbocycles. The maximum Gasteiger partial charge on any atom is 0.138 e. The summed E-state index contributed by atoms with van der Waals surface area (Å²) in [6.45, 7) is 4.30. The molecule has 0 aliphatic rings. The highest BCUT2D eigenvalue weighted by atomic mass is 32.1. The number of benzene rings is 1. The van der Waals surface area contributed by atoms with Crippen molar-refractivity contribution >= 4 is 22.2 Å². The quantitative estimate of drug-likeness (QED) is 0.483. The molecule has 0 amide bonds. The summed E-state index contributed by atoms with van der Waals surface area (Å²) in [5, 5.41) is 16.0. The van der Waals surface area contributed by atoms with Crippen molar-refractivity contribution in [3.63, 3.8) is 0 Å². The van der Waals surface area contributed by atoms with Crippen LogP contribution in [0.2, 0.25) is 0 Å². The smallest absolute Gasteiger partial charge is 0.138 e. The van der Waals surface area contributed by atoms with E-state index in [0.717, 1.165) is 46.6 Å². The second-order valence-corrected chi connectivity index (χ2v) is 6.93. The van der Waals surface area contributed by atoms with Crippen molar-refractivity contribution in [2.24, 2.45) is 0 Å². The van der Waals surface area contributed by atoms with Crippen LogP contribution in [0, 0.1) is 6.92 Å². The van der Waals surface area contributed by atoms with Gasteiger partial charge in [0, 0.05) is 35.9 Å². The lowest BCUT2D eigenvalue weighted by molar-refractivity contribution is 0.312. The lowest BCUT2D eigenvalue weighted by Crippen LogP contribution is -2.20. The predicted octanol–water partition coefficient (Wildman–Crippen LogP) is 4.16. The first-order chi connectivity index (χ1) is 12.8. The molecular weight excluding hydrogens is 344 g/mol. The largest absolute Gasteiger partial charge is 0.491 e. The molecule has 1 aromatic carbocycles. The molecule has 0 bridgehead atoms. The molecule has 0 saturated heterocycles. The average Bonchev–Trinajstić information content (AvgIpc) is 3.32. The van der Waals surface area contributed by atoms with Crippen LogP contribution in [0.5, 0.6) is 5.75 Å². The molecule has 26 heavy (non-hydrogen) atoms. The van der Waals surface area contributed by atoms with Crippen LogP contribution in [0.25, 0.3) is 22.0 Å².